The van der Waals surface area contributed by atoms with E-state index < -0.39 is 11.5 Å². The molecule has 8 nitrogen and oxygen atoms in total. The van der Waals surface area contributed by atoms with Gasteiger partial charge in [-0.1, -0.05) is 19.3 Å². The van der Waals surface area contributed by atoms with Crippen molar-refractivity contribution in [2.24, 2.45) is 7.05 Å². The highest BCUT2D eigenvalue weighted by molar-refractivity contribution is 5.94. The van der Waals surface area contributed by atoms with Crippen LogP contribution >= 0.6 is 0 Å². The molecule has 0 saturated heterocycles. The summed E-state index contributed by atoms with van der Waals surface area (Å²) in [5.74, 6) is -0.531. The van der Waals surface area contributed by atoms with Gasteiger partial charge >= 0.3 is 0 Å². The summed E-state index contributed by atoms with van der Waals surface area (Å²) in [4.78, 5) is 40.2. The Morgan fingerprint density at radius 1 is 1.25 bits per heavy atom. The zero-order chi connectivity index (χ0) is 23.4. The molecule has 0 aliphatic heterocycles. The van der Waals surface area contributed by atoms with Crippen LogP contribution in [0.15, 0.2) is 23.1 Å². The van der Waals surface area contributed by atoms with Crippen molar-refractivity contribution < 1.29 is 9.59 Å². The highest BCUT2D eigenvalue weighted by Crippen LogP contribution is 2.21. The Kier molecular flexibility index (Phi) is 7.53. The summed E-state index contributed by atoms with van der Waals surface area (Å²) < 4.78 is 3.16. The molecular formula is C24H35N5O3. The first-order chi connectivity index (χ1) is 15.2. The van der Waals surface area contributed by atoms with E-state index in [0.717, 1.165) is 42.6 Å². The molecule has 0 radical (unpaired) electrons. The van der Waals surface area contributed by atoms with Crippen LogP contribution in [0.4, 0.5) is 0 Å². The van der Waals surface area contributed by atoms with E-state index in [1.54, 1.807) is 17.2 Å². The highest BCUT2D eigenvalue weighted by Gasteiger charge is 2.23. The zero-order valence-electron chi connectivity index (χ0n) is 19.9. The van der Waals surface area contributed by atoms with E-state index in [2.05, 4.69) is 10.4 Å². The fourth-order valence-corrected chi connectivity index (χ4v) is 4.54. The fourth-order valence-electron chi connectivity index (χ4n) is 4.54. The monoisotopic (exact) mass is 441 g/mol. The standard InChI is InChI=1S/C24H35N5O3/c1-16(14-21-17(2)26-28(5)18(21)3)25-23(31)20-12-9-13-29(24(20)32)15-22(30)27(4)19-10-7-6-8-11-19/h9,12-13,16,19H,6-8,10-11,14-15H2,1-5H3,(H,25,31)/t16-/m0/s1. The molecule has 1 aliphatic carbocycles. The van der Waals surface area contributed by atoms with Crippen LogP contribution in [-0.2, 0) is 24.8 Å². The number of carbonyl (C=O) groups is 2. The maximum atomic E-state index is 12.9. The Hall–Kier alpha value is -2.90. The maximum Gasteiger partial charge on any atom is 0.263 e. The summed E-state index contributed by atoms with van der Waals surface area (Å²) in [5.41, 5.74) is 2.70. The minimum atomic E-state index is -0.448. The molecule has 2 aromatic rings. The van der Waals surface area contributed by atoms with Gasteiger partial charge < -0.3 is 14.8 Å². The minimum Gasteiger partial charge on any atom is -0.349 e. The smallest absolute Gasteiger partial charge is 0.263 e. The molecule has 2 heterocycles. The Bertz CT molecular complexity index is 1030. The molecule has 1 N–H and O–H groups in total. The number of nitrogens with one attached hydrogen (secondary N) is 1. The number of hydrogen-bond donors (Lipinski definition) is 1. The molecule has 0 aromatic carbocycles. The molecule has 0 spiro atoms. The van der Waals surface area contributed by atoms with Gasteiger partial charge in [0, 0.05) is 38.1 Å². The number of hydrogen-bond acceptors (Lipinski definition) is 4. The molecule has 174 valence electrons. The van der Waals surface area contributed by atoms with Gasteiger partial charge in [0.15, 0.2) is 0 Å². The molecule has 2 aromatic heterocycles. The average Bonchev–Trinajstić information content (AvgIpc) is 3.01. The molecule has 32 heavy (non-hydrogen) atoms. The minimum absolute atomic E-state index is 0.0482. The van der Waals surface area contributed by atoms with Crippen LogP contribution in [0.2, 0.25) is 0 Å². The maximum absolute atomic E-state index is 12.9. The van der Waals surface area contributed by atoms with Gasteiger partial charge in [0.2, 0.25) is 5.91 Å². The Labute approximate surface area is 189 Å². The number of amides is 2. The van der Waals surface area contributed by atoms with E-state index in [-0.39, 0.29) is 30.1 Å². The molecule has 0 bridgehead atoms. The van der Waals surface area contributed by atoms with Gasteiger partial charge in [-0.15, -0.1) is 0 Å². The zero-order valence-corrected chi connectivity index (χ0v) is 19.9. The largest absolute Gasteiger partial charge is 0.349 e. The van der Waals surface area contributed by atoms with E-state index in [0.29, 0.717) is 6.42 Å². The highest BCUT2D eigenvalue weighted by atomic mass is 16.2. The van der Waals surface area contributed by atoms with E-state index >= 15 is 0 Å². The van der Waals surface area contributed by atoms with E-state index in [1.807, 2.05) is 39.5 Å². The number of likely N-dealkylation sites (N-methyl/N-ethyl adjacent to an activating group) is 1. The summed E-state index contributed by atoms with van der Waals surface area (Å²) in [6.45, 7) is 5.81. The fraction of sp³-hybridized carbons (Fsp3) is 0.583. The predicted octanol–water partition coefficient (Wildman–Crippen LogP) is 2.35. The molecule has 1 aliphatic rings. The second-order valence-electron chi connectivity index (χ2n) is 9.00. The van der Waals surface area contributed by atoms with Crippen molar-refractivity contribution >= 4 is 11.8 Å². The molecule has 8 heteroatoms. The van der Waals surface area contributed by atoms with Crippen molar-refractivity contribution in [1.29, 1.82) is 0 Å². The normalized spacial score (nSPS) is 15.4. The number of nitrogens with zero attached hydrogens (tertiary/aromatic N) is 4. The van der Waals surface area contributed by atoms with Crippen LogP contribution in [0, 0.1) is 13.8 Å². The van der Waals surface area contributed by atoms with Gasteiger partial charge in [-0.25, -0.2) is 0 Å². The van der Waals surface area contributed by atoms with Gasteiger partial charge in [-0.3, -0.25) is 19.1 Å². The number of aromatic nitrogens is 3. The van der Waals surface area contributed by atoms with Crippen LogP contribution in [-0.4, -0.2) is 50.2 Å². The van der Waals surface area contributed by atoms with Crippen LogP contribution in [0.5, 0.6) is 0 Å². The summed E-state index contributed by atoms with van der Waals surface area (Å²) in [7, 11) is 3.71. The van der Waals surface area contributed by atoms with Crippen LogP contribution in [0.1, 0.15) is 66.3 Å². The Morgan fingerprint density at radius 3 is 2.56 bits per heavy atom. The van der Waals surface area contributed by atoms with E-state index in [9.17, 15) is 14.4 Å². The lowest BCUT2D eigenvalue weighted by molar-refractivity contribution is -0.133. The first-order valence-electron chi connectivity index (χ1n) is 11.4. The number of pyridine rings is 1. The van der Waals surface area contributed by atoms with Crippen molar-refractivity contribution in [1.82, 2.24) is 24.6 Å². The number of rotatable bonds is 7. The lowest BCUT2D eigenvalue weighted by Gasteiger charge is -2.31. The van der Waals surface area contributed by atoms with Crippen LogP contribution in [0.3, 0.4) is 0 Å². The summed E-state index contributed by atoms with van der Waals surface area (Å²) in [6, 6.07) is 3.22. The second kappa shape index (κ2) is 10.1. The molecule has 3 rings (SSSR count). The molecule has 1 fully saturated rings. The van der Waals surface area contributed by atoms with Crippen LogP contribution < -0.4 is 10.9 Å². The topological polar surface area (TPSA) is 89.2 Å². The number of aryl methyl sites for hydroxylation is 2. The molecule has 1 saturated carbocycles. The van der Waals surface area contributed by atoms with E-state index in [4.69, 9.17) is 0 Å². The van der Waals surface area contributed by atoms with Gasteiger partial charge in [0.25, 0.3) is 11.5 Å². The van der Waals surface area contributed by atoms with Gasteiger partial charge in [0.05, 0.1) is 5.69 Å². The molecule has 2 amide bonds. The first kappa shape index (κ1) is 23.8. The van der Waals surface area contributed by atoms with E-state index in [1.165, 1.54) is 17.1 Å². The Morgan fingerprint density at radius 2 is 1.94 bits per heavy atom. The van der Waals surface area contributed by atoms with Gasteiger partial charge in [0.1, 0.15) is 12.1 Å². The molecular weight excluding hydrogens is 406 g/mol. The van der Waals surface area contributed by atoms with Gasteiger partial charge in [-0.2, -0.15) is 5.10 Å². The van der Waals surface area contributed by atoms with Crippen molar-refractivity contribution in [3.63, 3.8) is 0 Å². The third-order valence-electron chi connectivity index (χ3n) is 6.63. The lowest BCUT2D eigenvalue weighted by atomic mass is 9.94. The van der Waals surface area contributed by atoms with Crippen molar-refractivity contribution in [2.75, 3.05) is 7.05 Å². The summed E-state index contributed by atoms with van der Waals surface area (Å²) in [5, 5.41) is 7.34. The Balaban J connectivity index is 1.66. The molecule has 0 unspecified atom stereocenters. The van der Waals surface area contributed by atoms with Crippen molar-refractivity contribution in [3.05, 3.63) is 51.2 Å². The summed E-state index contributed by atoms with van der Waals surface area (Å²) in [6.07, 6.45) is 7.69. The quantitative estimate of drug-likeness (QED) is 0.714. The third-order valence-corrected chi connectivity index (χ3v) is 6.63. The third kappa shape index (κ3) is 5.29. The number of carbonyl (C=O) groups excluding carboxylic acids is 2. The second-order valence-corrected chi connectivity index (χ2v) is 9.00. The summed E-state index contributed by atoms with van der Waals surface area (Å²) >= 11 is 0. The van der Waals surface area contributed by atoms with Crippen molar-refractivity contribution in [3.8, 4) is 0 Å². The SMILES string of the molecule is Cc1nn(C)c(C)c1C[C@H](C)NC(=O)c1cccn(CC(=O)N(C)C2CCCCC2)c1=O. The molecule has 1 atom stereocenters. The lowest BCUT2D eigenvalue weighted by Crippen LogP contribution is -2.43. The van der Waals surface area contributed by atoms with Gasteiger partial charge in [-0.05, 0) is 57.7 Å². The average molecular weight is 442 g/mol. The van der Waals surface area contributed by atoms with Crippen LogP contribution in [0.25, 0.3) is 0 Å². The first-order valence-corrected chi connectivity index (χ1v) is 11.4. The van der Waals surface area contributed by atoms with Crippen molar-refractivity contribution in [2.45, 2.75) is 77.9 Å². The predicted molar refractivity (Wildman–Crippen MR) is 124 cm³/mol.